The second-order valence-electron chi connectivity index (χ2n) is 6.76. The van der Waals surface area contributed by atoms with Crippen molar-refractivity contribution in [2.75, 3.05) is 0 Å². The van der Waals surface area contributed by atoms with Crippen LogP contribution in [-0.4, -0.2) is 0 Å². The van der Waals surface area contributed by atoms with Gasteiger partial charge < -0.3 is 0 Å². The first kappa shape index (κ1) is 11.3. The average Bonchev–Trinajstić information content (AvgIpc) is 2.48. The lowest BCUT2D eigenvalue weighted by Crippen LogP contribution is -2.35. The van der Waals surface area contributed by atoms with E-state index in [1.165, 1.54) is 38.5 Å². The van der Waals surface area contributed by atoms with Crippen molar-refractivity contribution in [1.29, 1.82) is 0 Å². The monoisotopic (exact) mass is 228 g/mol. The molecule has 92 valence electrons. The molecule has 2 aliphatic carbocycles. The summed E-state index contributed by atoms with van der Waals surface area (Å²) in [6.07, 6.45) is 8.39. The highest BCUT2D eigenvalue weighted by Crippen LogP contribution is 2.48. The zero-order valence-electron chi connectivity index (χ0n) is 11.2. The van der Waals surface area contributed by atoms with Crippen LogP contribution in [-0.2, 0) is 12.8 Å². The summed E-state index contributed by atoms with van der Waals surface area (Å²) in [6, 6.07) is 9.13. The van der Waals surface area contributed by atoms with Crippen LogP contribution in [0, 0.1) is 17.3 Å². The lowest BCUT2D eigenvalue weighted by molar-refractivity contribution is 0.0705. The third-order valence-corrected chi connectivity index (χ3v) is 5.29. The van der Waals surface area contributed by atoms with Gasteiger partial charge in [-0.1, -0.05) is 44.5 Å². The molecule has 0 heteroatoms. The predicted octanol–water partition coefficient (Wildman–Crippen LogP) is 4.62. The Morgan fingerprint density at radius 2 is 1.82 bits per heavy atom. The lowest BCUT2D eigenvalue weighted by atomic mass is 9.62. The normalized spacial score (nSPS) is 31.2. The molecule has 0 aliphatic heterocycles. The van der Waals surface area contributed by atoms with Gasteiger partial charge in [0.1, 0.15) is 0 Å². The Morgan fingerprint density at radius 3 is 2.65 bits per heavy atom. The molecule has 1 saturated carbocycles. The first-order valence-corrected chi connectivity index (χ1v) is 7.23. The molecule has 1 aromatic rings. The minimum absolute atomic E-state index is 0.574. The van der Waals surface area contributed by atoms with E-state index in [1.807, 2.05) is 0 Å². The van der Waals surface area contributed by atoms with E-state index >= 15 is 0 Å². The average molecular weight is 228 g/mol. The van der Waals surface area contributed by atoms with Gasteiger partial charge >= 0.3 is 0 Å². The molecule has 0 N–H and O–H groups in total. The number of rotatable bonds is 0. The van der Waals surface area contributed by atoms with Crippen molar-refractivity contribution < 1.29 is 0 Å². The van der Waals surface area contributed by atoms with Crippen LogP contribution >= 0.6 is 0 Å². The summed E-state index contributed by atoms with van der Waals surface area (Å²) in [5.74, 6) is 1.89. The number of benzene rings is 1. The van der Waals surface area contributed by atoms with Crippen molar-refractivity contribution >= 4 is 0 Å². The Hall–Kier alpha value is -0.780. The highest BCUT2D eigenvalue weighted by molar-refractivity contribution is 5.29. The summed E-state index contributed by atoms with van der Waals surface area (Å²) in [4.78, 5) is 0. The van der Waals surface area contributed by atoms with Crippen LogP contribution in [0.4, 0.5) is 0 Å². The zero-order valence-corrected chi connectivity index (χ0v) is 11.2. The van der Waals surface area contributed by atoms with E-state index in [9.17, 15) is 0 Å². The quantitative estimate of drug-likeness (QED) is 0.608. The van der Waals surface area contributed by atoms with E-state index in [0.717, 1.165) is 11.8 Å². The molecule has 2 atom stereocenters. The molecule has 0 spiro atoms. The van der Waals surface area contributed by atoms with Gasteiger partial charge in [-0.05, 0) is 60.5 Å². The minimum Gasteiger partial charge on any atom is -0.0620 e. The van der Waals surface area contributed by atoms with Crippen LogP contribution in [0.2, 0.25) is 0 Å². The number of fused-ring (bicyclic) bond motifs is 2. The van der Waals surface area contributed by atoms with Crippen molar-refractivity contribution in [3.05, 3.63) is 35.4 Å². The summed E-state index contributed by atoms with van der Waals surface area (Å²) in [5.41, 5.74) is 3.83. The Kier molecular flexibility index (Phi) is 2.77. The van der Waals surface area contributed by atoms with Crippen LogP contribution in [0.25, 0.3) is 0 Å². The summed E-state index contributed by atoms with van der Waals surface area (Å²) >= 11 is 0. The summed E-state index contributed by atoms with van der Waals surface area (Å²) < 4.78 is 0. The molecule has 0 radical (unpaired) electrons. The molecule has 0 saturated heterocycles. The van der Waals surface area contributed by atoms with Gasteiger partial charge in [0.25, 0.3) is 0 Å². The summed E-state index contributed by atoms with van der Waals surface area (Å²) in [5, 5.41) is 0. The van der Waals surface area contributed by atoms with E-state index in [0.29, 0.717) is 5.41 Å². The second kappa shape index (κ2) is 4.15. The van der Waals surface area contributed by atoms with Gasteiger partial charge in [0.05, 0.1) is 0 Å². The molecule has 1 fully saturated rings. The van der Waals surface area contributed by atoms with Gasteiger partial charge in [0, 0.05) is 0 Å². The highest BCUT2D eigenvalue weighted by atomic mass is 14.4. The fourth-order valence-corrected chi connectivity index (χ4v) is 4.31. The van der Waals surface area contributed by atoms with Gasteiger partial charge in [-0.25, -0.2) is 0 Å². The summed E-state index contributed by atoms with van der Waals surface area (Å²) in [7, 11) is 0. The fourth-order valence-electron chi connectivity index (χ4n) is 4.31. The molecule has 0 aromatic heterocycles. The van der Waals surface area contributed by atoms with Crippen LogP contribution in [0.3, 0.4) is 0 Å². The van der Waals surface area contributed by atoms with Crippen LogP contribution in [0.1, 0.15) is 50.7 Å². The standard InChI is InChI=1S/C17H24/c1-17(2)11-5-8-15-12-14-7-4-3-6-13(14)9-10-16(15)17/h3-4,6-7,15-16H,5,8-12H2,1-2H3/t15-,16+/m1/s1. The molecule has 17 heavy (non-hydrogen) atoms. The van der Waals surface area contributed by atoms with E-state index in [4.69, 9.17) is 0 Å². The van der Waals surface area contributed by atoms with Gasteiger partial charge in [-0.15, -0.1) is 0 Å². The predicted molar refractivity (Wildman–Crippen MR) is 73.1 cm³/mol. The van der Waals surface area contributed by atoms with Crippen LogP contribution < -0.4 is 0 Å². The topological polar surface area (TPSA) is 0 Å². The maximum Gasteiger partial charge on any atom is -0.0245 e. The third-order valence-electron chi connectivity index (χ3n) is 5.29. The third kappa shape index (κ3) is 2.03. The zero-order chi connectivity index (χ0) is 11.9. The van der Waals surface area contributed by atoms with E-state index in [2.05, 4.69) is 38.1 Å². The molecule has 0 bridgehead atoms. The van der Waals surface area contributed by atoms with Gasteiger partial charge in [-0.2, -0.15) is 0 Å². The van der Waals surface area contributed by atoms with Gasteiger partial charge in [0.15, 0.2) is 0 Å². The number of aryl methyl sites for hydroxylation is 1. The van der Waals surface area contributed by atoms with Crippen LogP contribution in [0.5, 0.6) is 0 Å². The van der Waals surface area contributed by atoms with Crippen molar-refractivity contribution in [3.8, 4) is 0 Å². The van der Waals surface area contributed by atoms with Crippen LogP contribution in [0.15, 0.2) is 24.3 Å². The molecular weight excluding hydrogens is 204 g/mol. The molecule has 0 unspecified atom stereocenters. The first-order chi connectivity index (χ1) is 8.17. The second-order valence-corrected chi connectivity index (χ2v) is 6.76. The van der Waals surface area contributed by atoms with Crippen molar-refractivity contribution in [2.45, 2.75) is 52.4 Å². The first-order valence-electron chi connectivity index (χ1n) is 7.23. The Labute approximate surface area is 105 Å². The maximum atomic E-state index is 2.50. The molecule has 0 amide bonds. The maximum absolute atomic E-state index is 2.50. The SMILES string of the molecule is CC1(C)CCC[C@@H]2Cc3ccccc3CC[C@@H]21. The molecule has 0 nitrogen and oxygen atoms in total. The largest absolute Gasteiger partial charge is 0.0620 e. The molecule has 0 heterocycles. The van der Waals surface area contributed by atoms with Crippen molar-refractivity contribution in [1.82, 2.24) is 0 Å². The Bertz CT molecular complexity index is 402. The molecule has 1 aromatic carbocycles. The fraction of sp³-hybridized carbons (Fsp3) is 0.647. The Balaban J connectivity index is 1.91. The van der Waals surface area contributed by atoms with E-state index in [-0.39, 0.29) is 0 Å². The number of hydrogen-bond donors (Lipinski definition) is 0. The summed E-state index contributed by atoms with van der Waals surface area (Å²) in [6.45, 7) is 5.00. The van der Waals surface area contributed by atoms with Crippen molar-refractivity contribution in [3.63, 3.8) is 0 Å². The molecule has 2 aliphatic rings. The van der Waals surface area contributed by atoms with E-state index < -0.39 is 0 Å². The lowest BCUT2D eigenvalue weighted by Gasteiger charge is -2.43. The van der Waals surface area contributed by atoms with Gasteiger partial charge in [-0.3, -0.25) is 0 Å². The molecular formula is C17H24. The Morgan fingerprint density at radius 1 is 1.06 bits per heavy atom. The number of hydrogen-bond acceptors (Lipinski definition) is 0. The molecule has 3 rings (SSSR count). The highest BCUT2D eigenvalue weighted by Gasteiger charge is 2.39. The van der Waals surface area contributed by atoms with E-state index in [1.54, 1.807) is 11.1 Å². The smallest absolute Gasteiger partial charge is 0.0245 e. The minimum atomic E-state index is 0.574. The van der Waals surface area contributed by atoms with Crippen molar-refractivity contribution in [2.24, 2.45) is 17.3 Å². The van der Waals surface area contributed by atoms with Gasteiger partial charge in [0.2, 0.25) is 0 Å².